The first-order valence-corrected chi connectivity index (χ1v) is 7.97. The van der Waals surface area contributed by atoms with E-state index in [1.165, 1.54) is 4.40 Å². The molecule has 0 atom stereocenters. The van der Waals surface area contributed by atoms with Gasteiger partial charge in [0.15, 0.2) is 0 Å². The predicted molar refractivity (Wildman–Crippen MR) is 94.9 cm³/mol. The van der Waals surface area contributed by atoms with Gasteiger partial charge in [0, 0.05) is 18.6 Å². The largest absolute Gasteiger partial charge is 0.493 e. The van der Waals surface area contributed by atoms with Gasteiger partial charge in [-0.1, -0.05) is 48.0 Å². The van der Waals surface area contributed by atoms with Crippen LogP contribution in [-0.2, 0) is 6.54 Å². The molecule has 7 heteroatoms. The predicted octanol–water partition coefficient (Wildman–Crippen LogP) is 2.97. The molecule has 1 N–H and O–H groups in total. The third-order valence-corrected chi connectivity index (χ3v) is 4.16. The molecule has 0 fully saturated rings. The molecule has 1 aromatic carbocycles. The van der Waals surface area contributed by atoms with Crippen molar-refractivity contribution in [2.75, 3.05) is 0 Å². The molecule has 3 heterocycles. The third-order valence-electron chi connectivity index (χ3n) is 3.93. The molecule has 0 spiro atoms. The first kappa shape index (κ1) is 15.4. The Morgan fingerprint density at radius 1 is 1.08 bits per heavy atom. The molecule has 4 aromatic rings. The van der Waals surface area contributed by atoms with Crippen LogP contribution in [0.3, 0.4) is 0 Å². The summed E-state index contributed by atoms with van der Waals surface area (Å²) in [4.78, 5) is 21.0. The summed E-state index contributed by atoms with van der Waals surface area (Å²) in [5, 5.41) is 10.7. The van der Waals surface area contributed by atoms with Crippen molar-refractivity contribution in [2.24, 2.45) is 0 Å². The fourth-order valence-electron chi connectivity index (χ4n) is 2.74. The number of halogens is 1. The Morgan fingerprint density at radius 3 is 2.60 bits per heavy atom. The summed E-state index contributed by atoms with van der Waals surface area (Å²) >= 11 is 5.80. The number of benzene rings is 1. The lowest BCUT2D eigenvalue weighted by atomic mass is 10.1. The molecule has 0 aliphatic rings. The molecule has 0 saturated heterocycles. The Hall–Kier alpha value is -3.12. The number of nitrogens with zero attached hydrogens (tertiary/aromatic N) is 4. The summed E-state index contributed by atoms with van der Waals surface area (Å²) in [6, 6.07) is 12.5. The van der Waals surface area contributed by atoms with Crippen LogP contribution >= 0.6 is 11.6 Å². The van der Waals surface area contributed by atoms with Crippen LogP contribution in [0, 0.1) is 0 Å². The van der Waals surface area contributed by atoms with Crippen LogP contribution in [-0.4, -0.2) is 24.0 Å². The molecule has 0 unspecified atom stereocenters. The second-order valence-corrected chi connectivity index (χ2v) is 5.95. The van der Waals surface area contributed by atoms with E-state index in [0.717, 1.165) is 5.56 Å². The Morgan fingerprint density at radius 2 is 1.88 bits per heavy atom. The zero-order chi connectivity index (χ0) is 17.4. The van der Waals surface area contributed by atoms with Gasteiger partial charge in [-0.05, 0) is 17.2 Å². The number of aromatic hydroxyl groups is 1. The van der Waals surface area contributed by atoms with Gasteiger partial charge < -0.3 is 9.67 Å². The highest BCUT2D eigenvalue weighted by molar-refractivity contribution is 6.29. The maximum Gasteiger partial charge on any atom is 0.270 e. The lowest BCUT2D eigenvalue weighted by molar-refractivity contribution is 0.454. The van der Waals surface area contributed by atoms with Crippen LogP contribution in [0.2, 0.25) is 5.15 Å². The molecule has 4 rings (SSSR count). The maximum absolute atomic E-state index is 12.8. The summed E-state index contributed by atoms with van der Waals surface area (Å²) in [6.07, 6.45) is 5.04. The lowest BCUT2D eigenvalue weighted by Crippen LogP contribution is -2.17. The van der Waals surface area contributed by atoms with Gasteiger partial charge in [-0.2, -0.15) is 4.98 Å². The Labute approximate surface area is 147 Å². The molecule has 6 nitrogen and oxygen atoms in total. The van der Waals surface area contributed by atoms with Crippen LogP contribution in [0.25, 0.3) is 16.9 Å². The van der Waals surface area contributed by atoms with Crippen LogP contribution in [0.15, 0.2) is 65.8 Å². The van der Waals surface area contributed by atoms with Gasteiger partial charge in [-0.25, -0.2) is 4.98 Å². The average Bonchev–Trinajstić information content (AvgIpc) is 3.01. The average molecular weight is 353 g/mol. The molecule has 0 amide bonds. The normalized spacial score (nSPS) is 11.1. The number of fused-ring (bicyclic) bond motifs is 1. The highest BCUT2D eigenvalue weighted by Crippen LogP contribution is 2.24. The van der Waals surface area contributed by atoms with E-state index in [2.05, 4.69) is 9.97 Å². The summed E-state index contributed by atoms with van der Waals surface area (Å²) < 4.78 is 3.19. The molecule has 25 heavy (non-hydrogen) atoms. The SMILES string of the molecule is O=c1c(-c2ccccc2)c(O)nc2n(Cc3ccc(Cl)nc3)ccn12. The van der Waals surface area contributed by atoms with E-state index < -0.39 is 0 Å². The second-order valence-electron chi connectivity index (χ2n) is 5.57. The number of aromatic nitrogens is 4. The van der Waals surface area contributed by atoms with Gasteiger partial charge in [0.1, 0.15) is 10.7 Å². The van der Waals surface area contributed by atoms with E-state index in [1.54, 1.807) is 41.4 Å². The van der Waals surface area contributed by atoms with Gasteiger partial charge in [0.2, 0.25) is 11.7 Å². The van der Waals surface area contributed by atoms with E-state index >= 15 is 0 Å². The monoisotopic (exact) mass is 352 g/mol. The zero-order valence-electron chi connectivity index (χ0n) is 13.0. The molecule has 0 aliphatic heterocycles. The number of imidazole rings is 1. The summed E-state index contributed by atoms with van der Waals surface area (Å²) in [6.45, 7) is 0.456. The van der Waals surface area contributed by atoms with Gasteiger partial charge >= 0.3 is 0 Å². The smallest absolute Gasteiger partial charge is 0.270 e. The van der Waals surface area contributed by atoms with E-state index in [0.29, 0.717) is 23.0 Å². The minimum atomic E-state index is -0.318. The summed E-state index contributed by atoms with van der Waals surface area (Å²) in [5.74, 6) is 0.0718. The van der Waals surface area contributed by atoms with Crippen molar-refractivity contribution in [1.82, 2.24) is 18.9 Å². The summed E-state index contributed by atoms with van der Waals surface area (Å²) in [7, 11) is 0. The fourth-order valence-corrected chi connectivity index (χ4v) is 2.85. The summed E-state index contributed by atoms with van der Waals surface area (Å²) in [5.41, 5.74) is 1.40. The number of pyridine rings is 1. The van der Waals surface area contributed by atoms with E-state index in [1.807, 2.05) is 24.3 Å². The van der Waals surface area contributed by atoms with Crippen LogP contribution in [0.1, 0.15) is 5.56 Å². The van der Waals surface area contributed by atoms with Gasteiger partial charge in [-0.3, -0.25) is 9.20 Å². The zero-order valence-corrected chi connectivity index (χ0v) is 13.8. The molecular formula is C18H13ClN4O2. The molecule has 0 bridgehead atoms. The Balaban J connectivity index is 1.83. The van der Waals surface area contributed by atoms with Gasteiger partial charge in [0.05, 0.1) is 6.54 Å². The van der Waals surface area contributed by atoms with Crippen LogP contribution in [0.5, 0.6) is 5.88 Å². The van der Waals surface area contributed by atoms with Gasteiger partial charge in [-0.15, -0.1) is 0 Å². The molecular weight excluding hydrogens is 340 g/mol. The van der Waals surface area contributed by atoms with E-state index in [9.17, 15) is 9.90 Å². The van der Waals surface area contributed by atoms with E-state index in [-0.39, 0.29) is 17.0 Å². The van der Waals surface area contributed by atoms with Crippen LogP contribution in [0.4, 0.5) is 0 Å². The first-order chi connectivity index (χ1) is 12.1. The van der Waals surface area contributed by atoms with Crippen molar-refractivity contribution < 1.29 is 5.11 Å². The molecule has 0 radical (unpaired) electrons. The van der Waals surface area contributed by atoms with Crippen LogP contribution < -0.4 is 5.56 Å². The quantitative estimate of drug-likeness (QED) is 0.575. The third kappa shape index (κ3) is 2.77. The molecule has 0 aliphatic carbocycles. The lowest BCUT2D eigenvalue weighted by Gasteiger charge is -2.07. The minimum Gasteiger partial charge on any atom is -0.493 e. The highest BCUT2D eigenvalue weighted by Gasteiger charge is 2.16. The van der Waals surface area contributed by atoms with Gasteiger partial charge in [0.25, 0.3) is 5.56 Å². The highest BCUT2D eigenvalue weighted by atomic mass is 35.5. The Kier molecular flexibility index (Phi) is 3.74. The first-order valence-electron chi connectivity index (χ1n) is 7.60. The molecule has 0 saturated carbocycles. The van der Waals surface area contributed by atoms with Crippen molar-refractivity contribution >= 4 is 17.4 Å². The van der Waals surface area contributed by atoms with Crippen molar-refractivity contribution in [2.45, 2.75) is 6.54 Å². The number of rotatable bonds is 3. The van der Waals surface area contributed by atoms with Crippen molar-refractivity contribution in [3.8, 4) is 17.0 Å². The second kappa shape index (κ2) is 6.07. The van der Waals surface area contributed by atoms with Crippen molar-refractivity contribution in [1.29, 1.82) is 0 Å². The van der Waals surface area contributed by atoms with Crippen molar-refractivity contribution in [3.05, 3.63) is 82.1 Å². The topological polar surface area (TPSA) is 72.4 Å². The fraction of sp³-hybridized carbons (Fsp3) is 0.0556. The Bertz CT molecular complexity index is 1100. The molecule has 3 aromatic heterocycles. The van der Waals surface area contributed by atoms with E-state index in [4.69, 9.17) is 11.6 Å². The van der Waals surface area contributed by atoms with Crippen molar-refractivity contribution in [3.63, 3.8) is 0 Å². The standard InChI is InChI=1S/C18H13ClN4O2/c19-14-7-6-12(10-20-14)11-22-8-9-23-17(25)15(16(24)21-18(22)23)13-4-2-1-3-5-13/h1-10,24H,11H2. The molecule has 124 valence electrons. The number of hydrogen-bond donors (Lipinski definition) is 1. The maximum atomic E-state index is 12.8. The minimum absolute atomic E-state index is 0.184. The number of hydrogen-bond acceptors (Lipinski definition) is 4.